The van der Waals surface area contributed by atoms with Gasteiger partial charge in [0.05, 0.1) is 24.1 Å². The smallest absolute Gasteiger partial charge is 0.259 e. The van der Waals surface area contributed by atoms with Gasteiger partial charge in [0.2, 0.25) is 0 Å². The lowest BCUT2D eigenvalue weighted by Crippen LogP contribution is -2.14. The highest BCUT2D eigenvalue weighted by molar-refractivity contribution is 6.07. The van der Waals surface area contributed by atoms with E-state index in [-0.39, 0.29) is 5.91 Å². The lowest BCUT2D eigenvalue weighted by Gasteiger charge is -2.11. The van der Waals surface area contributed by atoms with Gasteiger partial charge < -0.3 is 15.4 Å². The molecular weight excluding hydrogens is 316 g/mol. The van der Waals surface area contributed by atoms with Crippen LogP contribution in [-0.4, -0.2) is 22.5 Å². The Labute approximate surface area is 145 Å². The fourth-order valence-corrected chi connectivity index (χ4v) is 2.26. The van der Waals surface area contributed by atoms with Gasteiger partial charge in [0.15, 0.2) is 0 Å². The average Bonchev–Trinajstić information content (AvgIpc) is 2.65. The number of benzene rings is 1. The molecule has 6 nitrogen and oxygen atoms in total. The fourth-order valence-electron chi connectivity index (χ4n) is 2.26. The molecule has 0 saturated heterocycles. The summed E-state index contributed by atoms with van der Waals surface area (Å²) < 4.78 is 5.43. The van der Waals surface area contributed by atoms with Crippen LogP contribution in [0, 0.1) is 0 Å². The van der Waals surface area contributed by atoms with Crippen LogP contribution in [0.1, 0.15) is 17.3 Å². The normalized spacial score (nSPS) is 10.1. The number of carbonyl (C=O) groups excluding carboxylic acids is 1. The van der Waals surface area contributed by atoms with Crippen molar-refractivity contribution in [3.05, 3.63) is 72.7 Å². The van der Waals surface area contributed by atoms with Crippen LogP contribution in [-0.2, 0) is 0 Å². The molecule has 2 N–H and O–H groups in total. The second-order valence-corrected chi connectivity index (χ2v) is 5.18. The monoisotopic (exact) mass is 334 g/mol. The number of carbonyl (C=O) groups is 1. The number of aromatic nitrogens is 2. The molecule has 0 aliphatic rings. The summed E-state index contributed by atoms with van der Waals surface area (Å²) in [6.07, 6.45) is 4.88. The Bertz CT molecular complexity index is 836. The van der Waals surface area contributed by atoms with E-state index in [4.69, 9.17) is 4.74 Å². The van der Waals surface area contributed by atoms with Crippen LogP contribution in [0.25, 0.3) is 0 Å². The van der Waals surface area contributed by atoms with E-state index >= 15 is 0 Å². The van der Waals surface area contributed by atoms with E-state index in [0.717, 1.165) is 11.4 Å². The SMILES string of the molecule is CCOc1ccc(Nc2ncccc2C(=O)Nc2cccnc2)cc1. The second-order valence-electron chi connectivity index (χ2n) is 5.18. The fraction of sp³-hybridized carbons (Fsp3) is 0.105. The molecule has 2 heterocycles. The number of rotatable bonds is 6. The lowest BCUT2D eigenvalue weighted by molar-refractivity contribution is 0.102. The van der Waals surface area contributed by atoms with Gasteiger partial charge in [-0.15, -0.1) is 0 Å². The number of nitrogens with zero attached hydrogens (tertiary/aromatic N) is 2. The Kier molecular flexibility index (Phi) is 5.21. The molecule has 0 unspecified atom stereocenters. The summed E-state index contributed by atoms with van der Waals surface area (Å²) in [5.74, 6) is 1.02. The zero-order chi connectivity index (χ0) is 17.5. The zero-order valence-corrected chi connectivity index (χ0v) is 13.8. The van der Waals surface area contributed by atoms with Crippen molar-refractivity contribution in [1.29, 1.82) is 0 Å². The van der Waals surface area contributed by atoms with E-state index in [2.05, 4.69) is 20.6 Å². The van der Waals surface area contributed by atoms with E-state index in [1.54, 1.807) is 42.9 Å². The molecule has 0 spiro atoms. The Morgan fingerprint density at radius 3 is 2.56 bits per heavy atom. The number of hydrogen-bond acceptors (Lipinski definition) is 5. The maximum absolute atomic E-state index is 12.5. The van der Waals surface area contributed by atoms with Crippen LogP contribution >= 0.6 is 0 Å². The highest BCUT2D eigenvalue weighted by Crippen LogP contribution is 2.22. The molecule has 0 saturated carbocycles. The zero-order valence-electron chi connectivity index (χ0n) is 13.8. The average molecular weight is 334 g/mol. The molecule has 1 amide bonds. The van der Waals surface area contributed by atoms with Crippen LogP contribution in [0.3, 0.4) is 0 Å². The quantitative estimate of drug-likeness (QED) is 0.715. The molecule has 3 rings (SSSR count). The van der Waals surface area contributed by atoms with Gasteiger partial charge in [0.1, 0.15) is 11.6 Å². The number of anilines is 3. The third kappa shape index (κ3) is 4.32. The first-order valence-corrected chi connectivity index (χ1v) is 7.92. The third-order valence-electron chi connectivity index (χ3n) is 3.40. The van der Waals surface area contributed by atoms with Crippen LogP contribution < -0.4 is 15.4 Å². The maximum Gasteiger partial charge on any atom is 0.259 e. The Morgan fingerprint density at radius 2 is 1.84 bits per heavy atom. The molecule has 6 heteroatoms. The van der Waals surface area contributed by atoms with Crippen molar-refractivity contribution in [2.75, 3.05) is 17.2 Å². The van der Waals surface area contributed by atoms with Gasteiger partial charge in [-0.1, -0.05) is 0 Å². The van der Waals surface area contributed by atoms with Gasteiger partial charge in [-0.25, -0.2) is 4.98 Å². The van der Waals surface area contributed by atoms with Crippen molar-refractivity contribution in [2.24, 2.45) is 0 Å². The molecule has 0 fully saturated rings. The first-order valence-electron chi connectivity index (χ1n) is 7.92. The van der Waals surface area contributed by atoms with E-state index in [1.165, 1.54) is 0 Å². The van der Waals surface area contributed by atoms with Gasteiger partial charge in [0.25, 0.3) is 5.91 Å². The van der Waals surface area contributed by atoms with Crippen molar-refractivity contribution >= 4 is 23.1 Å². The van der Waals surface area contributed by atoms with Gasteiger partial charge >= 0.3 is 0 Å². The van der Waals surface area contributed by atoms with Gasteiger partial charge in [-0.2, -0.15) is 0 Å². The van der Waals surface area contributed by atoms with E-state index in [1.807, 2.05) is 31.2 Å². The van der Waals surface area contributed by atoms with Crippen LogP contribution in [0.15, 0.2) is 67.1 Å². The summed E-state index contributed by atoms with van der Waals surface area (Å²) in [6.45, 7) is 2.55. The Hall–Kier alpha value is -3.41. The number of pyridine rings is 2. The molecule has 0 aliphatic heterocycles. The van der Waals surface area contributed by atoms with Crippen molar-refractivity contribution < 1.29 is 9.53 Å². The standard InChI is InChI=1S/C19H18N4O2/c1-2-25-16-9-7-14(8-10-16)22-18-17(6-4-12-21-18)19(24)23-15-5-3-11-20-13-15/h3-13H,2H2,1H3,(H,21,22)(H,23,24). The summed E-state index contributed by atoms with van der Waals surface area (Å²) in [6, 6.07) is 14.5. The minimum atomic E-state index is -0.255. The van der Waals surface area contributed by atoms with Crippen molar-refractivity contribution in [2.45, 2.75) is 6.92 Å². The molecule has 3 aromatic rings. The number of amides is 1. The summed E-state index contributed by atoms with van der Waals surface area (Å²) in [4.78, 5) is 20.8. The summed E-state index contributed by atoms with van der Waals surface area (Å²) in [5.41, 5.74) is 1.89. The number of hydrogen-bond donors (Lipinski definition) is 2. The third-order valence-corrected chi connectivity index (χ3v) is 3.40. The summed E-state index contributed by atoms with van der Waals surface area (Å²) in [7, 11) is 0. The van der Waals surface area contributed by atoms with Crippen molar-refractivity contribution in [3.8, 4) is 5.75 Å². The van der Waals surface area contributed by atoms with Gasteiger partial charge in [-0.3, -0.25) is 9.78 Å². The Balaban J connectivity index is 1.77. The molecule has 0 bridgehead atoms. The maximum atomic E-state index is 12.5. The minimum Gasteiger partial charge on any atom is -0.494 e. The first-order chi connectivity index (χ1) is 12.3. The number of ether oxygens (including phenoxy) is 1. The van der Waals surface area contributed by atoms with E-state index in [0.29, 0.717) is 23.7 Å². The first kappa shape index (κ1) is 16.4. The molecule has 25 heavy (non-hydrogen) atoms. The highest BCUT2D eigenvalue weighted by Gasteiger charge is 2.13. The molecular formula is C19H18N4O2. The van der Waals surface area contributed by atoms with Gasteiger partial charge in [-0.05, 0) is 55.5 Å². The van der Waals surface area contributed by atoms with Gasteiger partial charge in [0, 0.05) is 18.1 Å². The minimum absolute atomic E-state index is 0.255. The summed E-state index contributed by atoms with van der Waals surface area (Å²) >= 11 is 0. The predicted octanol–water partition coefficient (Wildman–Crippen LogP) is 3.87. The van der Waals surface area contributed by atoms with E-state index in [9.17, 15) is 4.79 Å². The molecule has 0 radical (unpaired) electrons. The molecule has 0 atom stereocenters. The highest BCUT2D eigenvalue weighted by atomic mass is 16.5. The predicted molar refractivity (Wildman–Crippen MR) is 97.3 cm³/mol. The Morgan fingerprint density at radius 1 is 1.04 bits per heavy atom. The largest absolute Gasteiger partial charge is 0.494 e. The van der Waals surface area contributed by atoms with E-state index < -0.39 is 0 Å². The summed E-state index contributed by atoms with van der Waals surface area (Å²) in [5, 5.41) is 5.97. The van der Waals surface area contributed by atoms with Crippen LogP contribution in [0.5, 0.6) is 5.75 Å². The lowest BCUT2D eigenvalue weighted by atomic mass is 10.2. The topological polar surface area (TPSA) is 76.1 Å². The van der Waals surface area contributed by atoms with Crippen molar-refractivity contribution in [3.63, 3.8) is 0 Å². The van der Waals surface area contributed by atoms with Crippen molar-refractivity contribution in [1.82, 2.24) is 9.97 Å². The second kappa shape index (κ2) is 7.92. The molecule has 126 valence electrons. The number of nitrogens with one attached hydrogen (secondary N) is 2. The van der Waals surface area contributed by atoms with Crippen LogP contribution in [0.2, 0.25) is 0 Å². The molecule has 0 aliphatic carbocycles. The van der Waals surface area contributed by atoms with Crippen LogP contribution in [0.4, 0.5) is 17.2 Å². The molecule has 1 aromatic carbocycles. The molecule has 2 aromatic heterocycles.